The second kappa shape index (κ2) is 10.3. The molecule has 0 bridgehead atoms. The van der Waals surface area contributed by atoms with Crippen LogP contribution < -0.4 is 15.5 Å². The van der Waals surface area contributed by atoms with Gasteiger partial charge in [0.05, 0.1) is 5.52 Å². The molecule has 0 radical (unpaired) electrons. The summed E-state index contributed by atoms with van der Waals surface area (Å²) in [5.74, 6) is 1.78. The molecule has 1 aromatic carbocycles. The van der Waals surface area contributed by atoms with Gasteiger partial charge >= 0.3 is 0 Å². The maximum absolute atomic E-state index is 4.73. The van der Waals surface area contributed by atoms with Crippen LogP contribution in [0.5, 0.6) is 0 Å². The second-order valence-corrected chi connectivity index (χ2v) is 7.83. The molecular formula is C22H36N6. The highest BCUT2D eigenvalue weighted by atomic mass is 15.2. The van der Waals surface area contributed by atoms with Gasteiger partial charge in [0.15, 0.2) is 5.96 Å². The van der Waals surface area contributed by atoms with E-state index in [1.165, 1.54) is 10.9 Å². The molecule has 0 aliphatic heterocycles. The van der Waals surface area contributed by atoms with E-state index in [0.29, 0.717) is 18.6 Å². The summed E-state index contributed by atoms with van der Waals surface area (Å²) in [6, 6.07) is 11.5. The Hall–Kier alpha value is -2.34. The SMILES string of the molecule is CN=C(NCCN(C(C)C)C(C)C)NCc1cc(N(C)C)nc2ccccc12. The Balaban J connectivity index is 2.03. The predicted octanol–water partition coefficient (Wildman–Crippen LogP) is 3.08. The second-order valence-electron chi connectivity index (χ2n) is 7.83. The highest BCUT2D eigenvalue weighted by Crippen LogP contribution is 2.21. The van der Waals surface area contributed by atoms with Crippen molar-refractivity contribution in [1.29, 1.82) is 0 Å². The molecule has 0 saturated heterocycles. The molecule has 0 fully saturated rings. The van der Waals surface area contributed by atoms with Gasteiger partial charge in [-0.3, -0.25) is 9.89 Å². The third-order valence-corrected chi connectivity index (χ3v) is 4.91. The maximum atomic E-state index is 4.73. The summed E-state index contributed by atoms with van der Waals surface area (Å²) >= 11 is 0. The highest BCUT2D eigenvalue weighted by Gasteiger charge is 2.13. The molecule has 6 nitrogen and oxygen atoms in total. The molecule has 2 N–H and O–H groups in total. The lowest BCUT2D eigenvalue weighted by molar-refractivity contribution is 0.178. The summed E-state index contributed by atoms with van der Waals surface area (Å²) in [5, 5.41) is 8.06. The molecule has 0 atom stereocenters. The third-order valence-electron chi connectivity index (χ3n) is 4.91. The van der Waals surface area contributed by atoms with E-state index in [-0.39, 0.29) is 0 Å². The monoisotopic (exact) mass is 384 g/mol. The van der Waals surface area contributed by atoms with Crippen molar-refractivity contribution in [3.8, 4) is 0 Å². The fourth-order valence-corrected chi connectivity index (χ4v) is 3.42. The van der Waals surface area contributed by atoms with Crippen molar-refractivity contribution >= 4 is 22.7 Å². The number of nitrogens with one attached hydrogen (secondary N) is 2. The molecule has 1 heterocycles. The first-order valence-electron chi connectivity index (χ1n) is 10.1. The van der Waals surface area contributed by atoms with E-state index in [1.807, 2.05) is 32.1 Å². The average Bonchev–Trinajstić information content (AvgIpc) is 2.66. The van der Waals surface area contributed by atoms with Crippen molar-refractivity contribution in [2.45, 2.75) is 46.3 Å². The Morgan fingerprint density at radius 2 is 1.75 bits per heavy atom. The number of nitrogens with zero attached hydrogens (tertiary/aromatic N) is 4. The number of rotatable bonds is 8. The zero-order valence-corrected chi connectivity index (χ0v) is 18.5. The van der Waals surface area contributed by atoms with E-state index in [1.54, 1.807) is 0 Å². The number of para-hydroxylation sites is 1. The van der Waals surface area contributed by atoms with Gasteiger partial charge in [-0.15, -0.1) is 0 Å². The Bertz CT molecular complexity index is 774. The van der Waals surface area contributed by atoms with E-state index in [0.717, 1.165) is 30.4 Å². The Morgan fingerprint density at radius 1 is 1.07 bits per heavy atom. The molecule has 1 aromatic heterocycles. The van der Waals surface area contributed by atoms with Gasteiger partial charge in [0.25, 0.3) is 0 Å². The summed E-state index contributed by atoms with van der Waals surface area (Å²) in [5.41, 5.74) is 2.22. The number of anilines is 1. The van der Waals surface area contributed by atoms with Crippen LogP contribution in [0.2, 0.25) is 0 Å². The lowest BCUT2D eigenvalue weighted by atomic mass is 10.1. The molecule has 0 aliphatic carbocycles. The van der Waals surface area contributed by atoms with E-state index in [4.69, 9.17) is 4.98 Å². The van der Waals surface area contributed by atoms with Crippen LogP contribution in [0, 0.1) is 0 Å². The molecular weight excluding hydrogens is 348 g/mol. The molecule has 0 saturated carbocycles. The Kier molecular flexibility index (Phi) is 8.05. The van der Waals surface area contributed by atoms with Crippen molar-refractivity contribution in [3.05, 3.63) is 35.9 Å². The predicted molar refractivity (Wildman–Crippen MR) is 121 cm³/mol. The zero-order chi connectivity index (χ0) is 20.7. The van der Waals surface area contributed by atoms with Crippen LogP contribution >= 0.6 is 0 Å². The molecule has 28 heavy (non-hydrogen) atoms. The maximum Gasteiger partial charge on any atom is 0.191 e. The first kappa shape index (κ1) is 22.0. The zero-order valence-electron chi connectivity index (χ0n) is 18.5. The number of aliphatic imine (C=N–C) groups is 1. The topological polar surface area (TPSA) is 55.8 Å². The Morgan fingerprint density at radius 3 is 2.36 bits per heavy atom. The number of hydrogen-bond donors (Lipinski definition) is 2. The lowest BCUT2D eigenvalue weighted by Gasteiger charge is -2.30. The van der Waals surface area contributed by atoms with Gasteiger partial charge in [-0.1, -0.05) is 18.2 Å². The molecule has 0 amide bonds. The van der Waals surface area contributed by atoms with Crippen LogP contribution in [0.3, 0.4) is 0 Å². The Labute approximate surface area is 170 Å². The van der Waals surface area contributed by atoms with Crippen LogP contribution in [0.15, 0.2) is 35.3 Å². The summed E-state index contributed by atoms with van der Waals surface area (Å²) in [7, 11) is 5.85. The fraction of sp³-hybridized carbons (Fsp3) is 0.545. The number of guanidine groups is 1. The van der Waals surface area contributed by atoms with Crippen LogP contribution in [-0.4, -0.2) is 62.2 Å². The number of benzene rings is 1. The largest absolute Gasteiger partial charge is 0.363 e. The van der Waals surface area contributed by atoms with Crippen LogP contribution in [-0.2, 0) is 6.54 Å². The van der Waals surface area contributed by atoms with Crippen molar-refractivity contribution in [1.82, 2.24) is 20.5 Å². The first-order chi connectivity index (χ1) is 13.3. The van der Waals surface area contributed by atoms with Crippen molar-refractivity contribution in [3.63, 3.8) is 0 Å². The highest BCUT2D eigenvalue weighted by molar-refractivity contribution is 5.85. The number of aromatic nitrogens is 1. The van der Waals surface area contributed by atoms with Gasteiger partial charge in [-0.25, -0.2) is 4.98 Å². The summed E-state index contributed by atoms with van der Waals surface area (Å²) in [4.78, 5) is 13.6. The smallest absolute Gasteiger partial charge is 0.191 e. The summed E-state index contributed by atoms with van der Waals surface area (Å²) < 4.78 is 0. The normalized spacial score (nSPS) is 12.3. The third kappa shape index (κ3) is 5.83. The van der Waals surface area contributed by atoms with Crippen LogP contribution in [0.1, 0.15) is 33.3 Å². The van der Waals surface area contributed by atoms with Crippen LogP contribution in [0.4, 0.5) is 5.82 Å². The van der Waals surface area contributed by atoms with Gasteiger partial charge in [0.1, 0.15) is 5.82 Å². The minimum Gasteiger partial charge on any atom is -0.363 e. The standard InChI is InChI=1S/C22H36N6/c1-16(2)28(17(3)4)13-12-24-22(23-5)25-15-18-14-21(27(6)7)26-20-11-9-8-10-19(18)20/h8-11,14,16-17H,12-13,15H2,1-7H3,(H2,23,24,25). The summed E-state index contributed by atoms with van der Waals surface area (Å²) in [6.07, 6.45) is 0. The minimum absolute atomic E-state index is 0.532. The van der Waals surface area contributed by atoms with Crippen molar-refractivity contribution < 1.29 is 0 Å². The van der Waals surface area contributed by atoms with E-state index in [9.17, 15) is 0 Å². The van der Waals surface area contributed by atoms with Gasteiger partial charge in [-0.2, -0.15) is 0 Å². The van der Waals surface area contributed by atoms with E-state index >= 15 is 0 Å². The van der Waals surface area contributed by atoms with E-state index < -0.39 is 0 Å². The fourth-order valence-electron chi connectivity index (χ4n) is 3.42. The first-order valence-corrected chi connectivity index (χ1v) is 10.1. The van der Waals surface area contributed by atoms with Gasteiger partial charge in [-0.05, 0) is 45.4 Å². The number of hydrogen-bond acceptors (Lipinski definition) is 4. The summed E-state index contributed by atoms with van der Waals surface area (Å²) in [6.45, 7) is 11.5. The van der Waals surface area contributed by atoms with Crippen molar-refractivity contribution in [2.75, 3.05) is 39.1 Å². The van der Waals surface area contributed by atoms with Crippen molar-refractivity contribution in [2.24, 2.45) is 4.99 Å². The lowest BCUT2D eigenvalue weighted by Crippen LogP contribution is -2.45. The van der Waals surface area contributed by atoms with Gasteiger partial charge in [0.2, 0.25) is 0 Å². The molecule has 2 aromatic rings. The molecule has 6 heteroatoms. The minimum atomic E-state index is 0.532. The average molecular weight is 385 g/mol. The number of fused-ring (bicyclic) bond motifs is 1. The molecule has 0 aliphatic rings. The molecule has 0 unspecified atom stereocenters. The van der Waals surface area contributed by atoms with Crippen LogP contribution in [0.25, 0.3) is 10.9 Å². The molecule has 2 rings (SSSR count). The number of pyridine rings is 1. The van der Waals surface area contributed by atoms with E-state index in [2.05, 4.69) is 72.5 Å². The quantitative estimate of drug-likeness (QED) is 0.541. The van der Waals surface area contributed by atoms with Gasteiger partial charge < -0.3 is 15.5 Å². The molecule has 154 valence electrons. The van der Waals surface area contributed by atoms with Gasteiger partial charge in [0, 0.05) is 58.2 Å². The molecule has 0 spiro atoms.